The quantitative estimate of drug-likeness (QED) is 0.458. The van der Waals surface area contributed by atoms with Crippen molar-refractivity contribution in [2.45, 2.75) is 47.0 Å². The Balaban J connectivity index is 1.27. The molecule has 3 aromatic rings. The highest BCUT2D eigenvalue weighted by Crippen LogP contribution is 2.24. The Morgan fingerprint density at radius 3 is 2.43 bits per heavy atom. The number of carbonyl (C=O) groups excluding carboxylic acids is 1. The molecular formula is C29H39N5O. The van der Waals surface area contributed by atoms with E-state index in [0.717, 1.165) is 69.2 Å². The molecule has 1 saturated heterocycles. The number of piperazine rings is 1. The van der Waals surface area contributed by atoms with Gasteiger partial charge in [-0.3, -0.25) is 9.69 Å². The first-order valence-electron chi connectivity index (χ1n) is 12.9. The zero-order valence-electron chi connectivity index (χ0n) is 21.7. The molecule has 1 aliphatic rings. The third-order valence-electron chi connectivity index (χ3n) is 7.11. The first-order valence-corrected chi connectivity index (χ1v) is 12.9. The van der Waals surface area contributed by atoms with Crippen LogP contribution in [0.4, 0.5) is 5.69 Å². The van der Waals surface area contributed by atoms with Crippen molar-refractivity contribution >= 4 is 11.6 Å². The second-order valence-corrected chi connectivity index (χ2v) is 9.54. The lowest BCUT2D eigenvalue weighted by Crippen LogP contribution is -2.47. The number of carbonyl (C=O) groups is 1. The summed E-state index contributed by atoms with van der Waals surface area (Å²) in [5, 5.41) is 3.11. The summed E-state index contributed by atoms with van der Waals surface area (Å²) in [5.41, 5.74) is 6.60. The second-order valence-electron chi connectivity index (χ2n) is 9.54. The van der Waals surface area contributed by atoms with Gasteiger partial charge in [0.25, 0.3) is 5.91 Å². The summed E-state index contributed by atoms with van der Waals surface area (Å²) in [4.78, 5) is 22.7. The van der Waals surface area contributed by atoms with Crippen molar-refractivity contribution in [1.82, 2.24) is 19.8 Å². The maximum atomic E-state index is 13.0. The Labute approximate surface area is 210 Å². The first-order chi connectivity index (χ1) is 17.0. The van der Waals surface area contributed by atoms with Gasteiger partial charge in [-0.15, -0.1) is 0 Å². The molecule has 0 bridgehead atoms. The Hall–Kier alpha value is -3.12. The number of aromatic nitrogens is 2. The van der Waals surface area contributed by atoms with Gasteiger partial charge in [0.2, 0.25) is 0 Å². The van der Waals surface area contributed by atoms with Crippen molar-refractivity contribution in [3.8, 4) is 5.69 Å². The smallest absolute Gasteiger partial charge is 0.271 e. The minimum atomic E-state index is -0.0747. The van der Waals surface area contributed by atoms with E-state index >= 15 is 0 Å². The first kappa shape index (κ1) is 25.0. The van der Waals surface area contributed by atoms with Gasteiger partial charge in [-0.05, 0) is 69.5 Å². The van der Waals surface area contributed by atoms with Gasteiger partial charge >= 0.3 is 0 Å². The minimum Gasteiger partial charge on any atom is -0.369 e. The van der Waals surface area contributed by atoms with E-state index in [1.165, 1.54) is 16.8 Å². The van der Waals surface area contributed by atoms with E-state index in [0.29, 0.717) is 12.2 Å². The van der Waals surface area contributed by atoms with Crippen LogP contribution < -0.4 is 10.2 Å². The lowest BCUT2D eigenvalue weighted by molar-refractivity contribution is 0.0946. The predicted molar refractivity (Wildman–Crippen MR) is 144 cm³/mol. The molecule has 1 aromatic heterocycles. The van der Waals surface area contributed by atoms with Gasteiger partial charge in [0.05, 0.1) is 5.69 Å². The highest BCUT2D eigenvalue weighted by Gasteiger charge is 2.21. The van der Waals surface area contributed by atoms with Crippen LogP contribution >= 0.6 is 0 Å². The fourth-order valence-electron chi connectivity index (χ4n) is 4.96. The normalized spacial score (nSPS) is 14.3. The van der Waals surface area contributed by atoms with E-state index in [4.69, 9.17) is 4.98 Å². The number of aryl methyl sites for hydroxylation is 2. The molecule has 1 N–H and O–H groups in total. The molecule has 2 aromatic carbocycles. The summed E-state index contributed by atoms with van der Waals surface area (Å²) < 4.78 is 2.12. The van der Waals surface area contributed by atoms with Crippen LogP contribution in [0.15, 0.2) is 48.5 Å². The molecule has 6 nitrogen and oxygen atoms in total. The molecular weight excluding hydrogens is 434 g/mol. The summed E-state index contributed by atoms with van der Waals surface area (Å²) in [6, 6.07) is 16.8. The van der Waals surface area contributed by atoms with E-state index in [2.05, 4.69) is 70.8 Å². The van der Waals surface area contributed by atoms with Crippen molar-refractivity contribution in [3.63, 3.8) is 0 Å². The number of anilines is 1. The van der Waals surface area contributed by atoms with Crippen LogP contribution in [0.3, 0.4) is 0 Å². The number of imidazole rings is 1. The number of para-hydroxylation sites is 1. The molecule has 0 atom stereocenters. The summed E-state index contributed by atoms with van der Waals surface area (Å²) in [6.07, 6.45) is 2.77. The molecule has 186 valence electrons. The number of amides is 1. The summed E-state index contributed by atoms with van der Waals surface area (Å²) in [7, 11) is 0. The standard InChI is InChI=1S/C29H39N5O/c1-5-11-27-31-28(24(4)34(27)25-13-7-6-8-14-25)29(35)30-16-10-17-32-18-20-33(21-19-32)26-15-9-12-22(2)23(26)3/h6-9,12-15H,5,10-11,16-21H2,1-4H3,(H,30,35). The van der Waals surface area contributed by atoms with Crippen LogP contribution in [0.25, 0.3) is 5.69 Å². The van der Waals surface area contributed by atoms with Crippen molar-refractivity contribution in [2.24, 2.45) is 0 Å². The second kappa shape index (κ2) is 11.5. The third kappa shape index (κ3) is 5.76. The van der Waals surface area contributed by atoms with Gasteiger partial charge in [-0.2, -0.15) is 0 Å². The topological polar surface area (TPSA) is 53.4 Å². The average Bonchev–Trinajstić information content (AvgIpc) is 3.20. The molecule has 0 radical (unpaired) electrons. The Morgan fingerprint density at radius 1 is 0.971 bits per heavy atom. The van der Waals surface area contributed by atoms with Crippen molar-refractivity contribution < 1.29 is 4.79 Å². The van der Waals surface area contributed by atoms with E-state index < -0.39 is 0 Å². The molecule has 6 heteroatoms. The van der Waals surface area contributed by atoms with E-state index in [-0.39, 0.29) is 5.91 Å². The zero-order valence-corrected chi connectivity index (χ0v) is 21.7. The molecule has 4 rings (SSSR count). The van der Waals surface area contributed by atoms with E-state index in [9.17, 15) is 4.79 Å². The Morgan fingerprint density at radius 2 is 1.71 bits per heavy atom. The number of hydrogen-bond donors (Lipinski definition) is 1. The van der Waals surface area contributed by atoms with Crippen molar-refractivity contribution in [2.75, 3.05) is 44.2 Å². The lowest BCUT2D eigenvalue weighted by atomic mass is 10.1. The largest absolute Gasteiger partial charge is 0.369 e. The fourth-order valence-corrected chi connectivity index (χ4v) is 4.96. The minimum absolute atomic E-state index is 0.0747. The van der Waals surface area contributed by atoms with Crippen LogP contribution in [-0.4, -0.2) is 59.6 Å². The van der Waals surface area contributed by atoms with Gasteiger partial charge in [0, 0.05) is 50.5 Å². The van der Waals surface area contributed by atoms with Gasteiger partial charge in [-0.25, -0.2) is 4.98 Å². The summed E-state index contributed by atoms with van der Waals surface area (Å²) in [5.74, 6) is 0.873. The maximum Gasteiger partial charge on any atom is 0.271 e. The Bertz CT molecular complexity index is 1130. The Kier molecular flexibility index (Phi) is 8.24. The van der Waals surface area contributed by atoms with E-state index in [1.807, 2.05) is 25.1 Å². The molecule has 1 aliphatic heterocycles. The molecule has 0 unspecified atom stereocenters. The van der Waals surface area contributed by atoms with Gasteiger partial charge in [-0.1, -0.05) is 37.3 Å². The van der Waals surface area contributed by atoms with Crippen LogP contribution in [0.5, 0.6) is 0 Å². The molecule has 0 spiro atoms. The number of nitrogens with zero attached hydrogens (tertiary/aromatic N) is 4. The summed E-state index contributed by atoms with van der Waals surface area (Å²) >= 11 is 0. The molecule has 1 amide bonds. The molecule has 2 heterocycles. The SMILES string of the molecule is CCCc1nc(C(=O)NCCCN2CCN(c3cccc(C)c3C)CC2)c(C)n1-c1ccccc1. The predicted octanol–water partition coefficient (Wildman–Crippen LogP) is 4.69. The van der Waals surface area contributed by atoms with Gasteiger partial charge < -0.3 is 14.8 Å². The van der Waals surface area contributed by atoms with Gasteiger partial charge in [0.1, 0.15) is 11.5 Å². The lowest BCUT2D eigenvalue weighted by Gasteiger charge is -2.37. The summed E-state index contributed by atoms with van der Waals surface area (Å²) in [6.45, 7) is 14.4. The molecule has 0 aliphatic carbocycles. The fraction of sp³-hybridized carbons (Fsp3) is 0.448. The number of hydrogen-bond acceptors (Lipinski definition) is 4. The van der Waals surface area contributed by atoms with Crippen LogP contribution in [-0.2, 0) is 6.42 Å². The highest BCUT2D eigenvalue weighted by molar-refractivity contribution is 5.93. The van der Waals surface area contributed by atoms with Crippen molar-refractivity contribution in [3.05, 3.63) is 76.9 Å². The average molecular weight is 474 g/mol. The van der Waals surface area contributed by atoms with Gasteiger partial charge in [0.15, 0.2) is 0 Å². The number of nitrogens with one attached hydrogen (secondary N) is 1. The van der Waals surface area contributed by atoms with Crippen molar-refractivity contribution in [1.29, 1.82) is 0 Å². The van der Waals surface area contributed by atoms with E-state index in [1.54, 1.807) is 0 Å². The third-order valence-corrected chi connectivity index (χ3v) is 7.11. The van der Waals surface area contributed by atoms with Crippen LogP contribution in [0, 0.1) is 20.8 Å². The highest BCUT2D eigenvalue weighted by atomic mass is 16.1. The van der Waals surface area contributed by atoms with Crippen LogP contribution in [0.2, 0.25) is 0 Å². The maximum absolute atomic E-state index is 13.0. The van der Waals surface area contributed by atoms with Crippen LogP contribution in [0.1, 0.15) is 52.9 Å². The molecule has 1 fully saturated rings. The molecule has 35 heavy (non-hydrogen) atoms. The zero-order chi connectivity index (χ0) is 24.8. The monoisotopic (exact) mass is 473 g/mol. The number of rotatable bonds is 9. The molecule has 0 saturated carbocycles. The number of benzene rings is 2.